The predicted molar refractivity (Wildman–Crippen MR) is 39.5 cm³/mol. The molecule has 0 saturated heterocycles. The fraction of sp³-hybridized carbons (Fsp3) is 0.667. The minimum Gasteiger partial charge on any atom is -0.300 e. The van der Waals surface area contributed by atoms with Gasteiger partial charge in [0.1, 0.15) is 5.78 Å². The van der Waals surface area contributed by atoms with E-state index in [2.05, 4.69) is 12.2 Å². The zero-order chi connectivity index (χ0) is 7.14. The second-order valence-electron chi connectivity index (χ2n) is 3.50. The van der Waals surface area contributed by atoms with E-state index in [0.29, 0.717) is 17.6 Å². The molecule has 10 heavy (non-hydrogen) atoms. The Morgan fingerprint density at radius 2 is 2.20 bits per heavy atom. The quantitative estimate of drug-likeness (QED) is 0.502. The van der Waals surface area contributed by atoms with Crippen LogP contribution in [0.3, 0.4) is 0 Å². The van der Waals surface area contributed by atoms with Crippen molar-refractivity contribution in [1.29, 1.82) is 0 Å². The maximum atomic E-state index is 11.0. The summed E-state index contributed by atoms with van der Waals surface area (Å²) in [6, 6.07) is 0. The van der Waals surface area contributed by atoms with Crippen LogP contribution in [0.2, 0.25) is 0 Å². The van der Waals surface area contributed by atoms with E-state index < -0.39 is 0 Å². The second-order valence-corrected chi connectivity index (χ2v) is 3.50. The van der Waals surface area contributed by atoms with Gasteiger partial charge in [0.05, 0.1) is 0 Å². The highest BCUT2D eigenvalue weighted by atomic mass is 16.1. The summed E-state index contributed by atoms with van der Waals surface area (Å²) in [6.45, 7) is 1.72. The molecule has 1 fully saturated rings. The van der Waals surface area contributed by atoms with Gasteiger partial charge in [0.2, 0.25) is 0 Å². The fourth-order valence-corrected chi connectivity index (χ4v) is 2.25. The van der Waals surface area contributed by atoms with Crippen molar-refractivity contribution in [3.63, 3.8) is 0 Å². The molecule has 2 aliphatic carbocycles. The smallest absolute Gasteiger partial charge is 0.133 e. The number of hydrogen-bond acceptors (Lipinski definition) is 1. The Bertz CT molecular complexity index is 193. The Kier molecular flexibility index (Phi) is 1.19. The van der Waals surface area contributed by atoms with Crippen molar-refractivity contribution < 1.29 is 4.79 Å². The first-order valence-electron chi connectivity index (χ1n) is 3.96. The van der Waals surface area contributed by atoms with Crippen LogP contribution in [0.15, 0.2) is 12.2 Å². The van der Waals surface area contributed by atoms with E-state index in [0.717, 1.165) is 12.3 Å². The first-order valence-corrected chi connectivity index (χ1v) is 3.96. The molecule has 0 N–H and O–H groups in total. The first kappa shape index (κ1) is 6.14. The third kappa shape index (κ3) is 0.731. The molecule has 0 amide bonds. The van der Waals surface area contributed by atoms with Crippen LogP contribution in [0.25, 0.3) is 0 Å². The van der Waals surface area contributed by atoms with Gasteiger partial charge in [-0.3, -0.25) is 4.79 Å². The molecule has 0 spiro atoms. The lowest BCUT2D eigenvalue weighted by molar-refractivity contribution is -0.121. The summed E-state index contributed by atoms with van der Waals surface area (Å²) in [5, 5.41) is 0. The third-order valence-electron chi connectivity index (χ3n) is 2.80. The van der Waals surface area contributed by atoms with E-state index in [1.165, 1.54) is 6.42 Å². The molecule has 0 heterocycles. The molecule has 1 saturated carbocycles. The number of hydrogen-bond donors (Lipinski definition) is 0. The zero-order valence-electron chi connectivity index (χ0n) is 6.21. The molecule has 0 aromatic carbocycles. The number of ketones is 1. The van der Waals surface area contributed by atoms with Crippen molar-refractivity contribution in [1.82, 2.24) is 0 Å². The second kappa shape index (κ2) is 1.94. The van der Waals surface area contributed by atoms with E-state index in [1.807, 2.05) is 0 Å². The number of carbonyl (C=O) groups is 1. The van der Waals surface area contributed by atoms with Gasteiger partial charge in [-0.05, 0) is 31.6 Å². The molecule has 3 unspecified atom stereocenters. The van der Waals surface area contributed by atoms with Gasteiger partial charge in [0.15, 0.2) is 0 Å². The highest BCUT2D eigenvalue weighted by molar-refractivity contribution is 5.79. The van der Waals surface area contributed by atoms with Gasteiger partial charge in [-0.1, -0.05) is 12.2 Å². The van der Waals surface area contributed by atoms with Crippen molar-refractivity contribution in [3.05, 3.63) is 12.2 Å². The zero-order valence-corrected chi connectivity index (χ0v) is 6.21. The minimum atomic E-state index is 0.370. The van der Waals surface area contributed by atoms with Crippen molar-refractivity contribution in [2.45, 2.75) is 19.8 Å². The molecule has 54 valence electrons. The molecule has 2 rings (SSSR count). The van der Waals surface area contributed by atoms with Crippen molar-refractivity contribution in [2.24, 2.45) is 17.8 Å². The minimum absolute atomic E-state index is 0.370. The monoisotopic (exact) mass is 136 g/mol. The fourth-order valence-electron chi connectivity index (χ4n) is 2.25. The van der Waals surface area contributed by atoms with Crippen molar-refractivity contribution >= 4 is 5.78 Å². The number of allylic oxidation sites excluding steroid dienone is 2. The molecule has 0 aliphatic heterocycles. The Hall–Kier alpha value is -0.590. The summed E-state index contributed by atoms with van der Waals surface area (Å²) in [5.41, 5.74) is 0. The molecule has 3 atom stereocenters. The average molecular weight is 136 g/mol. The molecule has 1 heteroatoms. The third-order valence-corrected chi connectivity index (χ3v) is 2.80. The Morgan fingerprint density at radius 1 is 1.40 bits per heavy atom. The normalized spacial score (nSPS) is 42.7. The Balaban J connectivity index is 2.16. The van der Waals surface area contributed by atoms with Crippen LogP contribution in [-0.2, 0) is 4.79 Å². The van der Waals surface area contributed by atoms with Crippen molar-refractivity contribution in [2.75, 3.05) is 0 Å². The van der Waals surface area contributed by atoms with Gasteiger partial charge in [0.25, 0.3) is 0 Å². The van der Waals surface area contributed by atoms with Crippen LogP contribution in [0, 0.1) is 17.8 Å². The summed E-state index contributed by atoms with van der Waals surface area (Å²) < 4.78 is 0. The maximum absolute atomic E-state index is 11.0. The Labute approximate surface area is 61.1 Å². The summed E-state index contributed by atoms with van der Waals surface area (Å²) in [4.78, 5) is 11.0. The molecular formula is C9H12O. The number of rotatable bonds is 1. The average Bonchev–Trinajstić information content (AvgIpc) is 2.44. The summed E-state index contributed by atoms with van der Waals surface area (Å²) in [7, 11) is 0. The molecule has 2 bridgehead atoms. The number of Topliss-reactive ketones (excluding diaryl/α,β-unsaturated/α-hetero) is 1. The predicted octanol–water partition coefficient (Wildman–Crippen LogP) is 1.79. The summed E-state index contributed by atoms with van der Waals surface area (Å²) >= 11 is 0. The van der Waals surface area contributed by atoms with Crippen LogP contribution in [-0.4, -0.2) is 5.78 Å². The van der Waals surface area contributed by atoms with Crippen LogP contribution in [0.5, 0.6) is 0 Å². The van der Waals surface area contributed by atoms with Gasteiger partial charge < -0.3 is 0 Å². The Morgan fingerprint density at radius 3 is 2.50 bits per heavy atom. The lowest BCUT2D eigenvalue weighted by Gasteiger charge is -2.13. The van der Waals surface area contributed by atoms with Crippen LogP contribution in [0.4, 0.5) is 0 Å². The van der Waals surface area contributed by atoms with Crippen LogP contribution >= 0.6 is 0 Å². The summed E-state index contributed by atoms with van der Waals surface area (Å²) in [5.74, 6) is 2.09. The SMILES string of the molecule is CC(=O)C1CC2C=CC1C2. The highest BCUT2D eigenvalue weighted by Crippen LogP contribution is 2.43. The maximum Gasteiger partial charge on any atom is 0.133 e. The van der Waals surface area contributed by atoms with Crippen LogP contribution in [0.1, 0.15) is 19.8 Å². The first-order chi connectivity index (χ1) is 4.77. The largest absolute Gasteiger partial charge is 0.300 e. The van der Waals surface area contributed by atoms with E-state index in [1.54, 1.807) is 6.92 Å². The van der Waals surface area contributed by atoms with Crippen LogP contribution < -0.4 is 0 Å². The topological polar surface area (TPSA) is 17.1 Å². The molecule has 2 aliphatic rings. The molecule has 0 aromatic rings. The van der Waals surface area contributed by atoms with Gasteiger partial charge in [0, 0.05) is 5.92 Å². The van der Waals surface area contributed by atoms with Crippen molar-refractivity contribution in [3.8, 4) is 0 Å². The van der Waals surface area contributed by atoms with E-state index in [9.17, 15) is 4.79 Å². The number of fused-ring (bicyclic) bond motifs is 2. The molecule has 0 radical (unpaired) electrons. The lowest BCUT2D eigenvalue weighted by atomic mass is 9.90. The standard InChI is InChI=1S/C9H12O/c1-6(10)9-5-7-2-3-8(9)4-7/h2-3,7-9H,4-5H2,1H3. The summed E-state index contributed by atoms with van der Waals surface area (Å²) in [6.07, 6.45) is 6.85. The van der Waals surface area contributed by atoms with Gasteiger partial charge >= 0.3 is 0 Å². The molecule has 0 aromatic heterocycles. The van der Waals surface area contributed by atoms with Gasteiger partial charge in [-0.2, -0.15) is 0 Å². The molecular weight excluding hydrogens is 124 g/mol. The van der Waals surface area contributed by atoms with E-state index >= 15 is 0 Å². The number of carbonyl (C=O) groups excluding carboxylic acids is 1. The lowest BCUT2D eigenvalue weighted by Crippen LogP contribution is -2.15. The van der Waals surface area contributed by atoms with Gasteiger partial charge in [-0.25, -0.2) is 0 Å². The molecule has 1 nitrogen and oxygen atoms in total. The van der Waals surface area contributed by atoms with E-state index in [4.69, 9.17) is 0 Å². The van der Waals surface area contributed by atoms with E-state index in [-0.39, 0.29) is 0 Å². The highest BCUT2D eigenvalue weighted by Gasteiger charge is 2.37. The van der Waals surface area contributed by atoms with Gasteiger partial charge in [-0.15, -0.1) is 0 Å².